The number of alkyl halides is 1. The highest BCUT2D eigenvalue weighted by Gasteiger charge is 2.21. The third-order valence-corrected chi connectivity index (χ3v) is 3.42. The Bertz CT molecular complexity index is 378. The molecule has 1 aromatic rings. The number of rotatable bonds is 5. The van der Waals surface area contributed by atoms with Gasteiger partial charge in [0.15, 0.2) is 5.78 Å². The standard InChI is InChI=1S/C13H16ClNO/c14-7-12(16)9-15-8-11-6-5-10-3-1-2-4-13(10)11/h1-4,11,15H,5-9H2. The number of Topliss-reactive ketones (excluding diaryl/α,β-unsaturated/α-hetero) is 1. The van der Waals surface area contributed by atoms with Crippen LogP contribution in [0.25, 0.3) is 0 Å². The lowest BCUT2D eigenvalue weighted by Gasteiger charge is -2.11. The predicted molar refractivity (Wildman–Crippen MR) is 66.1 cm³/mol. The number of carbonyl (C=O) groups is 1. The van der Waals surface area contributed by atoms with Crippen LogP contribution in [0, 0.1) is 0 Å². The van der Waals surface area contributed by atoms with Crippen molar-refractivity contribution in [3.05, 3.63) is 35.4 Å². The maximum atomic E-state index is 11.0. The summed E-state index contributed by atoms with van der Waals surface area (Å²) in [5.41, 5.74) is 2.89. The van der Waals surface area contributed by atoms with E-state index in [0.717, 1.165) is 13.0 Å². The first-order valence-corrected chi connectivity index (χ1v) is 6.21. The lowest BCUT2D eigenvalue weighted by molar-refractivity contribution is -0.115. The summed E-state index contributed by atoms with van der Waals surface area (Å²) < 4.78 is 0. The lowest BCUT2D eigenvalue weighted by atomic mass is 10.0. The van der Waals surface area contributed by atoms with E-state index in [0.29, 0.717) is 12.5 Å². The van der Waals surface area contributed by atoms with Gasteiger partial charge in [0.2, 0.25) is 0 Å². The summed E-state index contributed by atoms with van der Waals surface area (Å²) in [4.78, 5) is 11.0. The molecule has 86 valence electrons. The van der Waals surface area contributed by atoms with Crippen molar-refractivity contribution in [3.63, 3.8) is 0 Å². The van der Waals surface area contributed by atoms with Gasteiger partial charge in [-0.3, -0.25) is 4.79 Å². The molecule has 1 aromatic carbocycles. The fraction of sp³-hybridized carbons (Fsp3) is 0.462. The number of halogens is 1. The first-order chi connectivity index (χ1) is 7.81. The maximum absolute atomic E-state index is 11.0. The van der Waals surface area contributed by atoms with Gasteiger partial charge in [-0.05, 0) is 29.9 Å². The molecule has 1 aliphatic rings. The minimum absolute atomic E-state index is 0.0629. The van der Waals surface area contributed by atoms with Crippen molar-refractivity contribution >= 4 is 17.4 Å². The van der Waals surface area contributed by atoms with E-state index in [9.17, 15) is 4.79 Å². The zero-order valence-corrected chi connectivity index (χ0v) is 9.96. The molecule has 1 N–H and O–H groups in total. The Morgan fingerprint density at radius 2 is 2.25 bits per heavy atom. The van der Waals surface area contributed by atoms with Crippen LogP contribution in [0.2, 0.25) is 0 Å². The van der Waals surface area contributed by atoms with E-state index in [-0.39, 0.29) is 11.7 Å². The Labute approximate surface area is 101 Å². The smallest absolute Gasteiger partial charge is 0.161 e. The summed E-state index contributed by atoms with van der Waals surface area (Å²) in [5, 5.41) is 3.18. The van der Waals surface area contributed by atoms with Crippen LogP contribution in [0.5, 0.6) is 0 Å². The first kappa shape index (κ1) is 11.6. The molecule has 1 aliphatic carbocycles. The summed E-state index contributed by atoms with van der Waals surface area (Å²) in [6.45, 7) is 1.27. The van der Waals surface area contributed by atoms with Gasteiger partial charge in [0, 0.05) is 6.54 Å². The number of hydrogen-bond donors (Lipinski definition) is 1. The van der Waals surface area contributed by atoms with Crippen molar-refractivity contribution in [2.45, 2.75) is 18.8 Å². The van der Waals surface area contributed by atoms with E-state index < -0.39 is 0 Å². The average Bonchev–Trinajstić information content (AvgIpc) is 2.73. The van der Waals surface area contributed by atoms with Crippen molar-refractivity contribution in [3.8, 4) is 0 Å². The Balaban J connectivity index is 1.86. The number of fused-ring (bicyclic) bond motifs is 1. The molecule has 1 unspecified atom stereocenters. The molecule has 0 saturated heterocycles. The third kappa shape index (κ3) is 2.63. The average molecular weight is 238 g/mol. The molecule has 0 amide bonds. The highest BCUT2D eigenvalue weighted by molar-refractivity contribution is 6.27. The van der Waals surface area contributed by atoms with Gasteiger partial charge in [-0.15, -0.1) is 11.6 Å². The number of aryl methyl sites for hydroxylation is 1. The zero-order valence-electron chi connectivity index (χ0n) is 9.21. The Morgan fingerprint density at radius 1 is 1.44 bits per heavy atom. The Hall–Kier alpha value is -0.860. The second-order valence-corrected chi connectivity index (χ2v) is 4.50. The van der Waals surface area contributed by atoms with Gasteiger partial charge in [-0.25, -0.2) is 0 Å². The van der Waals surface area contributed by atoms with Crippen molar-refractivity contribution in [2.24, 2.45) is 0 Å². The van der Waals surface area contributed by atoms with Crippen LogP contribution < -0.4 is 5.32 Å². The summed E-state index contributed by atoms with van der Waals surface area (Å²) in [6, 6.07) is 8.56. The molecule has 0 aromatic heterocycles. The number of hydrogen-bond acceptors (Lipinski definition) is 2. The molecule has 2 rings (SSSR count). The van der Waals surface area contributed by atoms with E-state index in [4.69, 9.17) is 11.6 Å². The number of nitrogens with one attached hydrogen (secondary N) is 1. The monoisotopic (exact) mass is 237 g/mol. The number of ketones is 1. The minimum atomic E-state index is 0.0629. The largest absolute Gasteiger partial charge is 0.309 e. The highest BCUT2D eigenvalue weighted by atomic mass is 35.5. The molecule has 0 fully saturated rings. The van der Waals surface area contributed by atoms with Gasteiger partial charge in [0.25, 0.3) is 0 Å². The van der Waals surface area contributed by atoms with E-state index >= 15 is 0 Å². The second-order valence-electron chi connectivity index (χ2n) is 4.24. The van der Waals surface area contributed by atoms with Crippen LogP contribution in [0.3, 0.4) is 0 Å². The van der Waals surface area contributed by atoms with E-state index in [1.165, 1.54) is 17.5 Å². The lowest BCUT2D eigenvalue weighted by Crippen LogP contribution is -2.27. The van der Waals surface area contributed by atoms with Gasteiger partial charge in [0.1, 0.15) is 0 Å². The topological polar surface area (TPSA) is 29.1 Å². The molecule has 0 aliphatic heterocycles. The fourth-order valence-electron chi connectivity index (χ4n) is 2.29. The van der Waals surface area contributed by atoms with Crippen LogP contribution in [0.1, 0.15) is 23.5 Å². The van der Waals surface area contributed by atoms with Crippen LogP contribution >= 0.6 is 11.6 Å². The summed E-state index contributed by atoms with van der Waals surface area (Å²) in [7, 11) is 0. The molecule has 0 spiro atoms. The van der Waals surface area contributed by atoms with Gasteiger partial charge in [-0.1, -0.05) is 24.3 Å². The van der Waals surface area contributed by atoms with Gasteiger partial charge < -0.3 is 5.32 Å². The number of benzene rings is 1. The third-order valence-electron chi connectivity index (χ3n) is 3.12. The Morgan fingerprint density at radius 3 is 3.06 bits per heavy atom. The second kappa shape index (κ2) is 5.46. The van der Waals surface area contributed by atoms with Gasteiger partial charge in [-0.2, -0.15) is 0 Å². The molecular formula is C13H16ClNO. The highest BCUT2D eigenvalue weighted by Crippen LogP contribution is 2.31. The minimum Gasteiger partial charge on any atom is -0.309 e. The zero-order chi connectivity index (χ0) is 11.4. The predicted octanol–water partition coefficient (Wildman–Crippen LogP) is 2.11. The van der Waals surface area contributed by atoms with Crippen molar-refractivity contribution in [2.75, 3.05) is 19.0 Å². The van der Waals surface area contributed by atoms with Crippen molar-refractivity contribution in [1.82, 2.24) is 5.32 Å². The molecule has 2 nitrogen and oxygen atoms in total. The van der Waals surface area contributed by atoms with Crippen molar-refractivity contribution < 1.29 is 4.79 Å². The normalized spacial score (nSPS) is 18.4. The molecular weight excluding hydrogens is 222 g/mol. The molecule has 0 saturated carbocycles. The fourth-order valence-corrected chi connectivity index (χ4v) is 2.38. The van der Waals surface area contributed by atoms with Crippen LogP contribution in [0.15, 0.2) is 24.3 Å². The van der Waals surface area contributed by atoms with Crippen LogP contribution in [0.4, 0.5) is 0 Å². The molecule has 0 radical (unpaired) electrons. The van der Waals surface area contributed by atoms with Crippen LogP contribution in [-0.4, -0.2) is 24.8 Å². The summed E-state index contributed by atoms with van der Waals surface area (Å²) in [5.74, 6) is 0.723. The molecule has 1 atom stereocenters. The van der Waals surface area contributed by atoms with E-state index in [2.05, 4.69) is 29.6 Å². The molecule has 3 heteroatoms. The van der Waals surface area contributed by atoms with E-state index in [1.807, 2.05) is 0 Å². The van der Waals surface area contributed by atoms with Gasteiger partial charge >= 0.3 is 0 Å². The van der Waals surface area contributed by atoms with Gasteiger partial charge in [0.05, 0.1) is 12.4 Å². The van der Waals surface area contributed by atoms with E-state index in [1.54, 1.807) is 0 Å². The summed E-state index contributed by atoms with van der Waals surface area (Å²) in [6.07, 6.45) is 2.34. The SMILES string of the molecule is O=C(CCl)CNCC1CCc2ccccc21. The number of carbonyl (C=O) groups excluding carboxylic acids is 1. The molecule has 16 heavy (non-hydrogen) atoms. The molecule has 0 bridgehead atoms. The summed E-state index contributed by atoms with van der Waals surface area (Å²) >= 11 is 5.44. The Kier molecular flexibility index (Phi) is 3.97. The quantitative estimate of drug-likeness (QED) is 0.795. The first-order valence-electron chi connectivity index (χ1n) is 5.67. The van der Waals surface area contributed by atoms with Crippen LogP contribution in [-0.2, 0) is 11.2 Å². The maximum Gasteiger partial charge on any atom is 0.161 e. The molecule has 0 heterocycles. The van der Waals surface area contributed by atoms with Crippen molar-refractivity contribution in [1.29, 1.82) is 0 Å².